The molecule has 28 heavy (non-hydrogen) atoms. The summed E-state index contributed by atoms with van der Waals surface area (Å²) in [4.78, 5) is 12.4. The van der Waals surface area contributed by atoms with Crippen molar-refractivity contribution in [3.63, 3.8) is 0 Å². The summed E-state index contributed by atoms with van der Waals surface area (Å²) in [6.07, 6.45) is 0. The minimum Gasteiger partial charge on any atom is -0.322 e. The van der Waals surface area contributed by atoms with Crippen molar-refractivity contribution in [2.45, 2.75) is 18.4 Å². The van der Waals surface area contributed by atoms with Crippen LogP contribution in [-0.4, -0.2) is 14.3 Å². The molecule has 5 nitrogen and oxygen atoms in total. The van der Waals surface area contributed by atoms with E-state index in [1.165, 1.54) is 48.5 Å². The van der Waals surface area contributed by atoms with Crippen LogP contribution in [0.3, 0.4) is 0 Å². The molecule has 3 rings (SSSR count). The lowest BCUT2D eigenvalue weighted by molar-refractivity contribution is 0.102. The average molecular weight is 398 g/mol. The first-order valence-corrected chi connectivity index (χ1v) is 10.0. The number of benzene rings is 3. The molecule has 0 atom stereocenters. The summed E-state index contributed by atoms with van der Waals surface area (Å²) in [5.74, 6) is -0.895. The average Bonchev–Trinajstić information content (AvgIpc) is 2.69. The number of rotatable bonds is 6. The predicted molar refractivity (Wildman–Crippen MR) is 106 cm³/mol. The highest BCUT2D eigenvalue weighted by Crippen LogP contribution is 2.16. The van der Waals surface area contributed by atoms with Crippen LogP contribution in [-0.2, 0) is 16.6 Å². The van der Waals surface area contributed by atoms with Crippen LogP contribution in [0.1, 0.15) is 21.5 Å². The molecule has 3 aromatic carbocycles. The summed E-state index contributed by atoms with van der Waals surface area (Å²) in [5.41, 5.74) is 2.45. The van der Waals surface area contributed by atoms with Gasteiger partial charge in [-0.25, -0.2) is 17.5 Å². The van der Waals surface area contributed by atoms with Crippen LogP contribution < -0.4 is 10.0 Å². The molecular formula is C21H19FN2O3S. The van der Waals surface area contributed by atoms with Gasteiger partial charge in [0.15, 0.2) is 0 Å². The van der Waals surface area contributed by atoms with Crippen LogP contribution in [0, 0.1) is 12.7 Å². The molecule has 0 aliphatic rings. The number of amides is 1. The third-order valence-electron chi connectivity index (χ3n) is 4.22. The van der Waals surface area contributed by atoms with Crippen molar-refractivity contribution in [2.75, 3.05) is 5.32 Å². The van der Waals surface area contributed by atoms with Gasteiger partial charge in [-0.2, -0.15) is 0 Å². The smallest absolute Gasteiger partial charge is 0.255 e. The van der Waals surface area contributed by atoms with Crippen LogP contribution in [0.2, 0.25) is 0 Å². The molecular weight excluding hydrogens is 379 g/mol. The first kappa shape index (κ1) is 19.7. The summed E-state index contributed by atoms with van der Waals surface area (Å²) in [5, 5.41) is 2.61. The van der Waals surface area contributed by atoms with Gasteiger partial charge in [0.05, 0.1) is 4.90 Å². The van der Waals surface area contributed by atoms with Crippen LogP contribution >= 0.6 is 0 Å². The van der Waals surface area contributed by atoms with Gasteiger partial charge in [-0.05, 0) is 60.5 Å². The second-order valence-corrected chi connectivity index (χ2v) is 8.01. The SMILES string of the molecule is Cc1ccccc1CNS(=O)(=O)c1cccc(C(=O)Nc2ccc(F)cc2)c1. The van der Waals surface area contributed by atoms with Crippen molar-refractivity contribution < 1.29 is 17.6 Å². The van der Waals surface area contributed by atoms with E-state index in [2.05, 4.69) is 10.0 Å². The van der Waals surface area contributed by atoms with Gasteiger partial charge >= 0.3 is 0 Å². The number of carbonyl (C=O) groups is 1. The molecule has 1 amide bonds. The Kier molecular flexibility index (Phi) is 5.87. The normalized spacial score (nSPS) is 11.2. The summed E-state index contributed by atoms with van der Waals surface area (Å²) >= 11 is 0. The zero-order chi connectivity index (χ0) is 20.1. The quantitative estimate of drug-likeness (QED) is 0.662. The van der Waals surface area contributed by atoms with E-state index in [0.29, 0.717) is 5.69 Å². The summed E-state index contributed by atoms with van der Waals surface area (Å²) in [6.45, 7) is 2.06. The predicted octanol–water partition coefficient (Wildman–Crippen LogP) is 3.86. The van der Waals surface area contributed by atoms with Crippen molar-refractivity contribution in [3.8, 4) is 0 Å². The second-order valence-electron chi connectivity index (χ2n) is 6.24. The van der Waals surface area contributed by atoms with Crippen LogP contribution in [0.25, 0.3) is 0 Å². The fraction of sp³-hybridized carbons (Fsp3) is 0.0952. The van der Waals surface area contributed by atoms with E-state index >= 15 is 0 Å². The molecule has 144 valence electrons. The van der Waals surface area contributed by atoms with Gasteiger partial charge in [0, 0.05) is 17.8 Å². The maximum Gasteiger partial charge on any atom is 0.255 e. The fourth-order valence-electron chi connectivity index (χ4n) is 2.61. The Labute approximate surface area is 163 Å². The molecule has 0 radical (unpaired) electrons. The number of hydrogen-bond donors (Lipinski definition) is 2. The number of aryl methyl sites for hydroxylation is 1. The third-order valence-corrected chi connectivity index (χ3v) is 5.62. The van der Waals surface area contributed by atoms with E-state index < -0.39 is 21.7 Å². The Morgan fingerprint density at radius 2 is 1.68 bits per heavy atom. The monoisotopic (exact) mass is 398 g/mol. The van der Waals surface area contributed by atoms with Crippen molar-refractivity contribution in [3.05, 3.63) is 95.3 Å². The van der Waals surface area contributed by atoms with Gasteiger partial charge in [0.1, 0.15) is 5.82 Å². The Hall–Kier alpha value is -3.03. The minimum absolute atomic E-state index is 0.00663. The molecule has 0 saturated heterocycles. The van der Waals surface area contributed by atoms with Crippen molar-refractivity contribution in [1.29, 1.82) is 0 Å². The summed E-state index contributed by atoms with van der Waals surface area (Å²) in [6, 6.07) is 18.5. The lowest BCUT2D eigenvalue weighted by Crippen LogP contribution is -2.24. The summed E-state index contributed by atoms with van der Waals surface area (Å²) in [7, 11) is -3.79. The number of carbonyl (C=O) groups excluding carboxylic acids is 1. The third kappa shape index (κ3) is 4.82. The van der Waals surface area contributed by atoms with E-state index in [0.717, 1.165) is 11.1 Å². The molecule has 0 aromatic heterocycles. The Morgan fingerprint density at radius 3 is 2.39 bits per heavy atom. The van der Waals surface area contributed by atoms with Crippen LogP contribution in [0.15, 0.2) is 77.7 Å². The topological polar surface area (TPSA) is 75.3 Å². The number of nitrogens with one attached hydrogen (secondary N) is 2. The number of hydrogen-bond acceptors (Lipinski definition) is 3. The molecule has 0 saturated carbocycles. The number of sulfonamides is 1. The molecule has 0 aliphatic carbocycles. The molecule has 3 aromatic rings. The van der Waals surface area contributed by atoms with Gasteiger partial charge < -0.3 is 5.32 Å². The second kappa shape index (κ2) is 8.33. The van der Waals surface area contributed by atoms with Crippen molar-refractivity contribution in [2.24, 2.45) is 0 Å². The van der Waals surface area contributed by atoms with Gasteiger partial charge in [-0.1, -0.05) is 30.3 Å². The van der Waals surface area contributed by atoms with E-state index in [1.54, 1.807) is 0 Å². The highest BCUT2D eigenvalue weighted by atomic mass is 32.2. The molecule has 7 heteroatoms. The Morgan fingerprint density at radius 1 is 0.964 bits per heavy atom. The maximum absolute atomic E-state index is 13.0. The highest BCUT2D eigenvalue weighted by Gasteiger charge is 2.16. The van der Waals surface area contributed by atoms with E-state index in [4.69, 9.17) is 0 Å². The molecule has 0 bridgehead atoms. The summed E-state index contributed by atoms with van der Waals surface area (Å²) < 4.78 is 40.7. The fourth-order valence-corrected chi connectivity index (χ4v) is 3.66. The molecule has 0 heterocycles. The molecule has 0 fully saturated rings. The largest absolute Gasteiger partial charge is 0.322 e. The van der Waals surface area contributed by atoms with E-state index in [9.17, 15) is 17.6 Å². The first-order valence-electron chi connectivity index (χ1n) is 8.56. The molecule has 0 aliphatic heterocycles. The van der Waals surface area contributed by atoms with Crippen molar-refractivity contribution >= 4 is 21.6 Å². The molecule has 2 N–H and O–H groups in total. The lowest BCUT2D eigenvalue weighted by Gasteiger charge is -2.10. The number of anilines is 1. The standard InChI is InChI=1S/C21H19FN2O3S/c1-15-5-2-3-6-17(15)14-23-28(26,27)20-8-4-7-16(13-20)21(25)24-19-11-9-18(22)10-12-19/h2-13,23H,14H2,1H3,(H,24,25). The van der Waals surface area contributed by atoms with Gasteiger partial charge in [-0.3, -0.25) is 4.79 Å². The minimum atomic E-state index is -3.79. The zero-order valence-corrected chi connectivity index (χ0v) is 16.0. The Balaban J connectivity index is 1.75. The molecule has 0 spiro atoms. The van der Waals surface area contributed by atoms with E-state index in [-0.39, 0.29) is 17.0 Å². The molecule has 0 unspecified atom stereocenters. The van der Waals surface area contributed by atoms with Gasteiger partial charge in [-0.15, -0.1) is 0 Å². The maximum atomic E-state index is 13.0. The highest BCUT2D eigenvalue weighted by molar-refractivity contribution is 7.89. The van der Waals surface area contributed by atoms with E-state index in [1.807, 2.05) is 31.2 Å². The van der Waals surface area contributed by atoms with Crippen LogP contribution in [0.4, 0.5) is 10.1 Å². The van der Waals surface area contributed by atoms with Gasteiger partial charge in [0.2, 0.25) is 10.0 Å². The van der Waals surface area contributed by atoms with Crippen LogP contribution in [0.5, 0.6) is 0 Å². The Bertz CT molecular complexity index is 1100. The van der Waals surface area contributed by atoms with Gasteiger partial charge in [0.25, 0.3) is 5.91 Å². The lowest BCUT2D eigenvalue weighted by atomic mass is 10.1. The van der Waals surface area contributed by atoms with Crippen molar-refractivity contribution in [1.82, 2.24) is 4.72 Å². The zero-order valence-electron chi connectivity index (χ0n) is 15.1. The first-order chi connectivity index (χ1) is 13.3. The number of halogens is 1.